The van der Waals surface area contributed by atoms with Gasteiger partial charge in [0.15, 0.2) is 9.84 Å². The van der Waals surface area contributed by atoms with Crippen molar-refractivity contribution in [2.75, 3.05) is 17.3 Å². The Labute approximate surface area is 123 Å². The summed E-state index contributed by atoms with van der Waals surface area (Å²) in [6.45, 7) is 2.05. The quantitative estimate of drug-likeness (QED) is 0.833. The average Bonchev–Trinajstić information content (AvgIpc) is 2.83. The van der Waals surface area contributed by atoms with Gasteiger partial charge in [-0.3, -0.25) is 0 Å². The Kier molecular flexibility index (Phi) is 4.35. The van der Waals surface area contributed by atoms with E-state index in [4.69, 9.17) is 5.73 Å². The summed E-state index contributed by atoms with van der Waals surface area (Å²) in [7, 11) is -3.31. The molecule has 0 saturated heterocycles. The highest BCUT2D eigenvalue weighted by molar-refractivity contribution is 7.90. The molecule has 0 saturated carbocycles. The number of hydrogen-bond acceptors (Lipinski definition) is 5. The first-order valence-electron chi connectivity index (χ1n) is 6.24. The molecule has 0 aliphatic carbocycles. The Morgan fingerprint density at radius 3 is 2.70 bits per heavy atom. The lowest BCUT2D eigenvalue weighted by atomic mass is 10.1. The van der Waals surface area contributed by atoms with Crippen LogP contribution in [0.5, 0.6) is 0 Å². The second-order valence-corrected chi connectivity index (χ2v) is 7.63. The van der Waals surface area contributed by atoms with Crippen molar-refractivity contribution in [3.05, 3.63) is 40.6 Å². The van der Waals surface area contributed by atoms with Gasteiger partial charge in [-0.05, 0) is 47.9 Å². The van der Waals surface area contributed by atoms with Crippen molar-refractivity contribution in [2.45, 2.75) is 24.3 Å². The van der Waals surface area contributed by atoms with Gasteiger partial charge in [-0.1, -0.05) is 6.07 Å². The number of para-hydroxylation sites is 1. The van der Waals surface area contributed by atoms with E-state index < -0.39 is 9.84 Å². The molecule has 1 atom stereocenters. The molecule has 0 radical (unpaired) electrons. The maximum absolute atomic E-state index is 11.6. The van der Waals surface area contributed by atoms with Gasteiger partial charge in [0.1, 0.15) is 0 Å². The molecule has 0 aliphatic heterocycles. The van der Waals surface area contributed by atoms with Crippen LogP contribution in [0.25, 0.3) is 0 Å². The van der Waals surface area contributed by atoms with Crippen molar-refractivity contribution < 1.29 is 8.42 Å². The highest BCUT2D eigenvalue weighted by Gasteiger charge is 2.15. The number of anilines is 2. The lowest BCUT2D eigenvalue weighted by molar-refractivity contribution is 0.602. The maximum Gasteiger partial charge on any atom is 0.177 e. The van der Waals surface area contributed by atoms with Crippen LogP contribution >= 0.6 is 11.3 Å². The van der Waals surface area contributed by atoms with Crippen molar-refractivity contribution in [3.63, 3.8) is 0 Å². The molecular weight excluding hydrogens is 292 g/mol. The van der Waals surface area contributed by atoms with Crippen LogP contribution in [0, 0.1) is 0 Å². The second kappa shape index (κ2) is 5.85. The van der Waals surface area contributed by atoms with Crippen LogP contribution in [0.3, 0.4) is 0 Å². The van der Waals surface area contributed by atoms with Crippen molar-refractivity contribution >= 4 is 32.5 Å². The molecular formula is C14H18N2O2S2. The van der Waals surface area contributed by atoms with E-state index in [0.717, 1.165) is 12.7 Å². The van der Waals surface area contributed by atoms with Crippen LogP contribution in [0.4, 0.5) is 11.4 Å². The van der Waals surface area contributed by atoms with Gasteiger partial charge in [-0.15, -0.1) is 0 Å². The van der Waals surface area contributed by atoms with Crippen molar-refractivity contribution in [2.24, 2.45) is 0 Å². The third-order valence-corrected chi connectivity index (χ3v) is 4.88. The van der Waals surface area contributed by atoms with Gasteiger partial charge >= 0.3 is 0 Å². The minimum absolute atomic E-state index is 0.168. The van der Waals surface area contributed by atoms with Crippen LogP contribution in [0.15, 0.2) is 39.9 Å². The number of benzene rings is 1. The van der Waals surface area contributed by atoms with E-state index in [2.05, 4.69) is 16.8 Å². The lowest BCUT2D eigenvalue weighted by Gasteiger charge is -2.17. The molecule has 1 aromatic carbocycles. The fraction of sp³-hybridized carbons (Fsp3) is 0.286. The normalized spacial score (nSPS) is 13.1. The van der Waals surface area contributed by atoms with E-state index in [1.807, 2.05) is 12.3 Å². The number of thiophene rings is 1. The molecule has 1 heterocycles. The molecule has 0 fully saturated rings. The third kappa shape index (κ3) is 3.52. The predicted molar refractivity (Wildman–Crippen MR) is 85.1 cm³/mol. The van der Waals surface area contributed by atoms with E-state index in [0.29, 0.717) is 5.69 Å². The highest BCUT2D eigenvalue weighted by Crippen LogP contribution is 2.27. The third-order valence-electron chi connectivity index (χ3n) is 2.99. The van der Waals surface area contributed by atoms with E-state index in [9.17, 15) is 8.42 Å². The summed E-state index contributed by atoms with van der Waals surface area (Å²) in [6.07, 6.45) is 2.03. The smallest absolute Gasteiger partial charge is 0.177 e. The molecule has 108 valence electrons. The molecule has 2 rings (SSSR count). The molecule has 2 aromatic rings. The van der Waals surface area contributed by atoms with E-state index in [1.54, 1.807) is 23.5 Å². The molecule has 20 heavy (non-hydrogen) atoms. The van der Waals surface area contributed by atoms with Gasteiger partial charge in [0.05, 0.1) is 16.3 Å². The summed E-state index contributed by atoms with van der Waals surface area (Å²) in [5.41, 5.74) is 8.16. The molecule has 0 amide bonds. The molecule has 4 nitrogen and oxygen atoms in total. The number of nitrogens with two attached hydrogens (primary N) is 1. The van der Waals surface area contributed by atoms with E-state index in [1.165, 1.54) is 11.6 Å². The number of sulfone groups is 1. The standard InChI is InChI=1S/C14H18N2O2S2/c1-10(8-11-6-7-19-9-11)16-12-4-3-5-13(14(12)15)20(2,17)18/h3-7,9-10,16H,8,15H2,1-2H3. The minimum Gasteiger partial charge on any atom is -0.396 e. The van der Waals surface area contributed by atoms with Crippen molar-refractivity contribution in [1.29, 1.82) is 0 Å². The average molecular weight is 310 g/mol. The Bertz CT molecular complexity index is 679. The minimum atomic E-state index is -3.31. The van der Waals surface area contributed by atoms with Crippen LogP contribution in [-0.2, 0) is 16.3 Å². The highest BCUT2D eigenvalue weighted by atomic mass is 32.2. The van der Waals surface area contributed by atoms with Gasteiger partial charge in [0.2, 0.25) is 0 Å². The monoisotopic (exact) mass is 310 g/mol. The zero-order valence-corrected chi connectivity index (χ0v) is 13.1. The fourth-order valence-electron chi connectivity index (χ4n) is 2.07. The largest absolute Gasteiger partial charge is 0.396 e. The summed E-state index contributed by atoms with van der Waals surface area (Å²) in [5.74, 6) is 0. The Morgan fingerprint density at radius 1 is 1.35 bits per heavy atom. The topological polar surface area (TPSA) is 72.2 Å². The molecule has 1 aromatic heterocycles. The van der Waals surface area contributed by atoms with Crippen molar-refractivity contribution in [1.82, 2.24) is 0 Å². The summed E-state index contributed by atoms with van der Waals surface area (Å²) in [6, 6.07) is 7.28. The number of hydrogen-bond donors (Lipinski definition) is 2. The molecule has 6 heteroatoms. The van der Waals surface area contributed by atoms with Gasteiger partial charge in [-0.2, -0.15) is 11.3 Å². The summed E-state index contributed by atoms with van der Waals surface area (Å²) < 4.78 is 23.3. The summed E-state index contributed by atoms with van der Waals surface area (Å²) in [4.78, 5) is 0.172. The van der Waals surface area contributed by atoms with E-state index in [-0.39, 0.29) is 16.6 Å². The molecule has 1 unspecified atom stereocenters. The molecule has 0 aliphatic rings. The zero-order valence-electron chi connectivity index (χ0n) is 11.5. The first kappa shape index (κ1) is 14.9. The zero-order chi connectivity index (χ0) is 14.8. The molecule has 0 bridgehead atoms. The number of nitrogens with one attached hydrogen (secondary N) is 1. The lowest BCUT2D eigenvalue weighted by Crippen LogP contribution is -2.19. The second-order valence-electron chi connectivity index (χ2n) is 4.87. The first-order valence-corrected chi connectivity index (χ1v) is 9.07. The molecule has 3 N–H and O–H groups in total. The van der Waals surface area contributed by atoms with Gasteiger partial charge in [0.25, 0.3) is 0 Å². The van der Waals surface area contributed by atoms with Crippen LogP contribution in [0.1, 0.15) is 12.5 Å². The molecule has 0 spiro atoms. The maximum atomic E-state index is 11.6. The van der Waals surface area contributed by atoms with Crippen LogP contribution in [0.2, 0.25) is 0 Å². The number of rotatable bonds is 5. The van der Waals surface area contributed by atoms with Crippen LogP contribution in [-0.4, -0.2) is 20.7 Å². The fourth-order valence-corrected chi connectivity index (χ4v) is 3.59. The Morgan fingerprint density at radius 2 is 2.10 bits per heavy atom. The Hall–Kier alpha value is -1.53. The van der Waals surface area contributed by atoms with Gasteiger partial charge in [-0.25, -0.2) is 8.42 Å². The Balaban J connectivity index is 2.17. The van der Waals surface area contributed by atoms with Crippen molar-refractivity contribution in [3.8, 4) is 0 Å². The summed E-state index contributed by atoms with van der Waals surface area (Å²) >= 11 is 1.67. The first-order chi connectivity index (χ1) is 9.38. The van der Waals surface area contributed by atoms with E-state index >= 15 is 0 Å². The van der Waals surface area contributed by atoms with Gasteiger partial charge in [0, 0.05) is 12.3 Å². The number of nitrogen functional groups attached to an aromatic ring is 1. The van der Waals surface area contributed by atoms with Crippen LogP contribution < -0.4 is 11.1 Å². The SMILES string of the molecule is CC(Cc1ccsc1)Nc1cccc(S(C)(=O)=O)c1N. The van der Waals surface area contributed by atoms with Gasteiger partial charge < -0.3 is 11.1 Å². The summed E-state index contributed by atoms with van der Waals surface area (Å²) in [5, 5.41) is 7.42. The predicted octanol–water partition coefficient (Wildman–Crippen LogP) is 2.78.